The summed E-state index contributed by atoms with van der Waals surface area (Å²) in [6.45, 7) is 0. The van der Waals surface area contributed by atoms with E-state index < -0.39 is 0 Å². The number of nitrogens with two attached hydrogens (primary N) is 1. The fraction of sp³-hybridized carbons (Fsp3) is 0.143. The largest absolute Gasteiger partial charge is 0.398 e. The van der Waals surface area contributed by atoms with Gasteiger partial charge in [-0.2, -0.15) is 0 Å². The Morgan fingerprint density at radius 3 is 2.65 bits per heavy atom. The summed E-state index contributed by atoms with van der Waals surface area (Å²) in [6.07, 6.45) is 1.61. The predicted octanol–water partition coefficient (Wildman–Crippen LogP) is 2.74. The molecule has 104 valence electrons. The Morgan fingerprint density at radius 1 is 1.30 bits per heavy atom. The van der Waals surface area contributed by atoms with Crippen LogP contribution >= 0.6 is 15.9 Å². The lowest BCUT2D eigenvalue weighted by atomic mass is 10.1. The first-order valence-electron chi connectivity index (χ1n) is 5.97. The third kappa shape index (κ3) is 3.27. The SMILES string of the molecule is CN(C)c1ccc(NC(=O)c2cc(Br)ccc2N)cn1. The van der Waals surface area contributed by atoms with Crippen molar-refractivity contribution in [3.8, 4) is 0 Å². The number of anilines is 3. The van der Waals surface area contributed by atoms with Crippen molar-refractivity contribution >= 4 is 39.0 Å². The average Bonchev–Trinajstić information content (AvgIpc) is 2.42. The van der Waals surface area contributed by atoms with Crippen LogP contribution in [0.15, 0.2) is 41.0 Å². The van der Waals surface area contributed by atoms with Crippen molar-refractivity contribution in [3.05, 3.63) is 46.6 Å². The van der Waals surface area contributed by atoms with Gasteiger partial charge in [-0.05, 0) is 30.3 Å². The van der Waals surface area contributed by atoms with E-state index in [9.17, 15) is 4.79 Å². The normalized spacial score (nSPS) is 10.2. The highest BCUT2D eigenvalue weighted by atomic mass is 79.9. The zero-order chi connectivity index (χ0) is 14.7. The monoisotopic (exact) mass is 334 g/mol. The van der Waals surface area contributed by atoms with Crippen LogP contribution in [0.4, 0.5) is 17.2 Å². The summed E-state index contributed by atoms with van der Waals surface area (Å²) in [7, 11) is 3.81. The van der Waals surface area contributed by atoms with E-state index in [-0.39, 0.29) is 5.91 Å². The van der Waals surface area contributed by atoms with Crippen LogP contribution in [0.1, 0.15) is 10.4 Å². The Balaban J connectivity index is 2.17. The maximum Gasteiger partial charge on any atom is 0.257 e. The molecule has 1 amide bonds. The van der Waals surface area contributed by atoms with E-state index >= 15 is 0 Å². The Morgan fingerprint density at radius 2 is 2.05 bits per heavy atom. The molecule has 2 aromatic rings. The summed E-state index contributed by atoms with van der Waals surface area (Å²) in [5.74, 6) is 0.563. The van der Waals surface area contributed by atoms with Gasteiger partial charge in [0.15, 0.2) is 0 Å². The van der Waals surface area contributed by atoms with E-state index in [0.29, 0.717) is 16.9 Å². The second-order valence-electron chi connectivity index (χ2n) is 4.49. The highest BCUT2D eigenvalue weighted by molar-refractivity contribution is 9.10. The number of pyridine rings is 1. The van der Waals surface area contributed by atoms with Gasteiger partial charge in [-0.25, -0.2) is 4.98 Å². The fourth-order valence-electron chi connectivity index (χ4n) is 1.65. The molecular formula is C14H15BrN4O. The van der Waals surface area contributed by atoms with Crippen molar-refractivity contribution in [3.63, 3.8) is 0 Å². The number of amides is 1. The zero-order valence-corrected chi connectivity index (χ0v) is 12.8. The minimum Gasteiger partial charge on any atom is -0.398 e. The van der Waals surface area contributed by atoms with Gasteiger partial charge in [-0.3, -0.25) is 4.79 Å². The first kappa shape index (κ1) is 14.3. The molecule has 0 bridgehead atoms. The number of rotatable bonds is 3. The molecule has 2 rings (SSSR count). The molecule has 0 fully saturated rings. The van der Waals surface area contributed by atoms with Crippen LogP contribution in [0.3, 0.4) is 0 Å². The highest BCUT2D eigenvalue weighted by Gasteiger charge is 2.10. The van der Waals surface area contributed by atoms with E-state index in [4.69, 9.17) is 5.73 Å². The average molecular weight is 335 g/mol. The molecule has 1 heterocycles. The van der Waals surface area contributed by atoms with Gasteiger partial charge >= 0.3 is 0 Å². The minimum absolute atomic E-state index is 0.261. The van der Waals surface area contributed by atoms with Crippen molar-refractivity contribution in [2.24, 2.45) is 0 Å². The molecule has 20 heavy (non-hydrogen) atoms. The van der Waals surface area contributed by atoms with Crippen molar-refractivity contribution in [2.75, 3.05) is 30.0 Å². The Labute approximate surface area is 125 Å². The molecule has 1 aromatic heterocycles. The molecule has 0 aliphatic heterocycles. The van der Waals surface area contributed by atoms with Crippen LogP contribution in [0.5, 0.6) is 0 Å². The maximum atomic E-state index is 12.2. The molecule has 1 aromatic carbocycles. The van der Waals surface area contributed by atoms with Crippen LogP contribution in [-0.2, 0) is 0 Å². The highest BCUT2D eigenvalue weighted by Crippen LogP contribution is 2.20. The summed E-state index contributed by atoms with van der Waals surface area (Å²) >= 11 is 3.32. The Hall–Kier alpha value is -2.08. The number of halogens is 1. The quantitative estimate of drug-likeness (QED) is 0.846. The number of nitrogens with one attached hydrogen (secondary N) is 1. The molecule has 0 atom stereocenters. The number of nitrogen functional groups attached to an aromatic ring is 1. The summed E-state index contributed by atoms with van der Waals surface area (Å²) < 4.78 is 0.804. The number of benzene rings is 1. The number of nitrogens with zero attached hydrogens (tertiary/aromatic N) is 2. The topological polar surface area (TPSA) is 71.2 Å². The lowest BCUT2D eigenvalue weighted by molar-refractivity contribution is 0.102. The van der Waals surface area contributed by atoms with E-state index in [0.717, 1.165) is 10.3 Å². The summed E-state index contributed by atoms with van der Waals surface area (Å²) in [5.41, 5.74) is 7.29. The first-order chi connectivity index (χ1) is 9.47. The first-order valence-corrected chi connectivity index (χ1v) is 6.76. The lowest BCUT2D eigenvalue weighted by Crippen LogP contribution is -2.15. The van der Waals surface area contributed by atoms with Gasteiger partial charge in [-0.1, -0.05) is 15.9 Å². The summed E-state index contributed by atoms with van der Waals surface area (Å²) in [4.78, 5) is 18.3. The van der Waals surface area contributed by atoms with Crippen LogP contribution in [0.25, 0.3) is 0 Å². The van der Waals surface area contributed by atoms with Crippen LogP contribution in [0, 0.1) is 0 Å². The summed E-state index contributed by atoms with van der Waals surface area (Å²) in [5, 5.41) is 2.77. The van der Waals surface area contributed by atoms with Gasteiger partial charge < -0.3 is 16.0 Å². The number of aromatic nitrogens is 1. The van der Waals surface area contributed by atoms with Crippen molar-refractivity contribution in [1.82, 2.24) is 4.98 Å². The minimum atomic E-state index is -0.261. The second-order valence-corrected chi connectivity index (χ2v) is 5.40. The maximum absolute atomic E-state index is 12.2. The molecule has 0 saturated carbocycles. The predicted molar refractivity (Wildman–Crippen MR) is 85.1 cm³/mol. The van der Waals surface area contributed by atoms with Gasteiger partial charge in [0, 0.05) is 24.3 Å². The second kappa shape index (κ2) is 5.92. The number of hydrogen-bond acceptors (Lipinski definition) is 4. The summed E-state index contributed by atoms with van der Waals surface area (Å²) in [6, 6.07) is 8.80. The molecule has 0 spiro atoms. The third-order valence-electron chi connectivity index (χ3n) is 2.72. The van der Waals surface area contributed by atoms with Crippen LogP contribution < -0.4 is 16.0 Å². The van der Waals surface area contributed by atoms with Gasteiger partial charge in [0.25, 0.3) is 5.91 Å². The van der Waals surface area contributed by atoms with Crippen molar-refractivity contribution in [2.45, 2.75) is 0 Å². The molecular weight excluding hydrogens is 320 g/mol. The van der Waals surface area contributed by atoms with Gasteiger partial charge in [0.2, 0.25) is 0 Å². The molecule has 0 aliphatic carbocycles. The molecule has 0 radical (unpaired) electrons. The van der Waals surface area contributed by atoms with Crippen LogP contribution in [-0.4, -0.2) is 25.0 Å². The Bertz CT molecular complexity index is 626. The van der Waals surface area contributed by atoms with Crippen LogP contribution in [0.2, 0.25) is 0 Å². The Kier molecular flexibility index (Phi) is 4.24. The van der Waals surface area contributed by atoms with E-state index in [2.05, 4.69) is 26.2 Å². The van der Waals surface area contributed by atoms with E-state index in [1.807, 2.05) is 25.1 Å². The molecule has 6 heteroatoms. The molecule has 5 nitrogen and oxygen atoms in total. The van der Waals surface area contributed by atoms with Gasteiger partial charge in [0.05, 0.1) is 17.4 Å². The zero-order valence-electron chi connectivity index (χ0n) is 11.2. The third-order valence-corrected chi connectivity index (χ3v) is 3.22. The standard InChI is InChI=1S/C14H15BrN4O/c1-19(2)13-6-4-10(8-17-13)18-14(20)11-7-9(15)3-5-12(11)16/h3-8H,16H2,1-2H3,(H,18,20). The lowest BCUT2D eigenvalue weighted by Gasteiger charge is -2.12. The fourth-order valence-corrected chi connectivity index (χ4v) is 2.01. The van der Waals surface area contributed by atoms with E-state index in [1.165, 1.54) is 0 Å². The number of hydrogen-bond donors (Lipinski definition) is 2. The number of carbonyl (C=O) groups is 1. The molecule has 0 unspecified atom stereocenters. The molecule has 0 saturated heterocycles. The van der Waals surface area contributed by atoms with Crippen molar-refractivity contribution < 1.29 is 4.79 Å². The molecule has 0 aliphatic rings. The van der Waals surface area contributed by atoms with Gasteiger partial charge in [-0.15, -0.1) is 0 Å². The number of carbonyl (C=O) groups excluding carboxylic acids is 1. The van der Waals surface area contributed by atoms with E-state index in [1.54, 1.807) is 30.5 Å². The van der Waals surface area contributed by atoms with Crippen molar-refractivity contribution in [1.29, 1.82) is 0 Å². The smallest absolute Gasteiger partial charge is 0.257 e. The molecule has 3 N–H and O–H groups in total. The van der Waals surface area contributed by atoms with Gasteiger partial charge in [0.1, 0.15) is 5.82 Å².